The first-order valence-corrected chi connectivity index (χ1v) is 20.4. The molecular formula is C37H58N6O7S2. The third-order valence-electron chi connectivity index (χ3n) is 10.5. The summed E-state index contributed by atoms with van der Waals surface area (Å²) in [7, 11) is -2.29. The average Bonchev–Trinajstić information content (AvgIpc) is 3.71. The monoisotopic (exact) mass is 762 g/mol. The van der Waals surface area contributed by atoms with Crippen LogP contribution in [0, 0.1) is 34.0 Å². The number of Topliss-reactive ketones (excluding diaryl/α,β-unsaturated/α-hetero) is 1. The van der Waals surface area contributed by atoms with E-state index in [-0.39, 0.29) is 45.9 Å². The third-order valence-corrected chi connectivity index (χ3v) is 13.7. The number of sulfonamides is 1. The van der Waals surface area contributed by atoms with Crippen LogP contribution >= 0.6 is 11.3 Å². The molecule has 1 saturated heterocycles. The van der Waals surface area contributed by atoms with Gasteiger partial charge in [0.2, 0.25) is 17.6 Å². The van der Waals surface area contributed by atoms with Crippen molar-refractivity contribution in [2.24, 2.45) is 34.0 Å². The highest BCUT2D eigenvalue weighted by Gasteiger charge is 2.70. The lowest BCUT2D eigenvalue weighted by Gasteiger charge is -2.38. The number of nitrogens with zero attached hydrogens (tertiary/aromatic N) is 2. The van der Waals surface area contributed by atoms with Crippen LogP contribution in [-0.4, -0.2) is 98.0 Å². The molecule has 0 bridgehead atoms. The van der Waals surface area contributed by atoms with Gasteiger partial charge < -0.3 is 26.2 Å². The molecule has 3 fully saturated rings. The van der Waals surface area contributed by atoms with Crippen LogP contribution in [-0.2, 0) is 29.2 Å². The fourth-order valence-electron chi connectivity index (χ4n) is 7.44. The molecule has 0 spiro atoms. The van der Waals surface area contributed by atoms with Crippen molar-refractivity contribution in [3.05, 3.63) is 30.2 Å². The molecule has 13 nitrogen and oxygen atoms in total. The van der Waals surface area contributed by atoms with Gasteiger partial charge in [0.05, 0.1) is 6.04 Å². The highest BCUT2D eigenvalue weighted by atomic mass is 32.2. The normalized spacial score (nSPS) is 22.8. The number of likely N-dealkylation sites (tertiary alicyclic amines) is 1. The number of nitrogens with one attached hydrogen (secondary N) is 4. The molecule has 2 heterocycles. The second-order valence-corrected chi connectivity index (χ2v) is 20.8. The lowest BCUT2D eigenvalue weighted by Crippen LogP contribution is -2.62. The highest BCUT2D eigenvalue weighted by Crippen LogP contribution is 2.65. The van der Waals surface area contributed by atoms with Gasteiger partial charge >= 0.3 is 6.03 Å². The van der Waals surface area contributed by atoms with Gasteiger partial charge in [-0.25, -0.2) is 13.2 Å². The number of hydrogen-bond acceptors (Lipinski definition) is 8. The largest absolute Gasteiger partial charge is 0.346 e. The predicted molar refractivity (Wildman–Crippen MR) is 201 cm³/mol. The molecule has 0 aromatic carbocycles. The summed E-state index contributed by atoms with van der Waals surface area (Å²) in [6, 6.07) is -0.959. The molecule has 2 saturated carbocycles. The van der Waals surface area contributed by atoms with Crippen molar-refractivity contribution < 1.29 is 32.4 Å². The molecule has 2 aliphatic carbocycles. The summed E-state index contributed by atoms with van der Waals surface area (Å²) in [5.41, 5.74) is -1.25. The molecular weight excluding hydrogens is 705 g/mol. The van der Waals surface area contributed by atoms with Gasteiger partial charge in [0.25, 0.3) is 15.9 Å². The van der Waals surface area contributed by atoms with Gasteiger partial charge in [-0.1, -0.05) is 80.4 Å². The van der Waals surface area contributed by atoms with E-state index in [1.165, 1.54) is 28.4 Å². The molecule has 290 valence electrons. The van der Waals surface area contributed by atoms with Gasteiger partial charge in [-0.2, -0.15) is 4.31 Å². The molecule has 52 heavy (non-hydrogen) atoms. The van der Waals surface area contributed by atoms with E-state index < -0.39 is 69.1 Å². The van der Waals surface area contributed by atoms with Crippen molar-refractivity contribution in [1.29, 1.82) is 0 Å². The van der Waals surface area contributed by atoms with Crippen LogP contribution in [0.15, 0.2) is 34.4 Å². The maximum absolute atomic E-state index is 14.5. The number of likely N-dealkylation sites (N-methyl/N-ethyl adjacent to an activating group) is 1. The number of carbonyl (C=O) groups excluding carboxylic acids is 5. The number of fused-ring (bicyclic) bond motifs is 1. The SMILES string of the molecule is C=CCNC(=O)C(=O)C(CC1CC1)NC(=O)[C@@H]1[C@@H]2[C@H](CN1C(=O)[C@@H](NC(=O)N[C@H](CN(C)S(=O)(=O)c1cccs1)CC(C)(C)C)C(C)(C)C)C2(C)C. The number of hydrogen-bond donors (Lipinski definition) is 4. The Hall–Kier alpha value is -3.30. The number of urea groups is 1. The van der Waals surface area contributed by atoms with E-state index in [4.69, 9.17) is 0 Å². The Balaban J connectivity index is 1.52. The van der Waals surface area contributed by atoms with Gasteiger partial charge in [-0.15, -0.1) is 17.9 Å². The zero-order chi connectivity index (χ0) is 39.0. The number of amides is 5. The molecule has 5 amide bonds. The average molecular weight is 763 g/mol. The Labute approximate surface area is 313 Å². The van der Waals surface area contributed by atoms with Crippen LogP contribution in [0.3, 0.4) is 0 Å². The van der Waals surface area contributed by atoms with E-state index in [1.54, 1.807) is 11.4 Å². The van der Waals surface area contributed by atoms with Crippen LogP contribution < -0.4 is 21.3 Å². The third kappa shape index (κ3) is 9.81. The summed E-state index contributed by atoms with van der Waals surface area (Å²) in [4.78, 5) is 69.6. The summed E-state index contributed by atoms with van der Waals surface area (Å²) < 4.78 is 27.8. The molecule has 3 aliphatic rings. The van der Waals surface area contributed by atoms with Crippen molar-refractivity contribution in [2.45, 2.75) is 109 Å². The van der Waals surface area contributed by atoms with Gasteiger partial charge in [0, 0.05) is 32.7 Å². The van der Waals surface area contributed by atoms with Gasteiger partial charge in [-0.3, -0.25) is 19.2 Å². The lowest BCUT2D eigenvalue weighted by molar-refractivity contribution is -0.145. The molecule has 4 N–H and O–H groups in total. The topological polar surface area (TPSA) is 174 Å². The highest BCUT2D eigenvalue weighted by molar-refractivity contribution is 7.91. The zero-order valence-electron chi connectivity index (χ0n) is 32.1. The Morgan fingerprint density at radius 3 is 2.27 bits per heavy atom. The van der Waals surface area contributed by atoms with Gasteiger partial charge in [0.15, 0.2) is 0 Å². The maximum atomic E-state index is 14.5. The Bertz CT molecular complexity index is 1630. The van der Waals surface area contributed by atoms with Crippen molar-refractivity contribution in [2.75, 3.05) is 26.7 Å². The van der Waals surface area contributed by atoms with Crippen molar-refractivity contribution >= 4 is 50.9 Å². The molecule has 1 aromatic heterocycles. The summed E-state index contributed by atoms with van der Waals surface area (Å²) in [5, 5.41) is 12.9. The van der Waals surface area contributed by atoms with E-state index in [0.29, 0.717) is 19.4 Å². The van der Waals surface area contributed by atoms with Crippen LogP contribution in [0.25, 0.3) is 0 Å². The van der Waals surface area contributed by atoms with Crippen LogP contribution in [0.5, 0.6) is 0 Å². The Kier molecular flexibility index (Phi) is 12.4. The summed E-state index contributed by atoms with van der Waals surface area (Å²) in [6.07, 6.45) is 4.10. The maximum Gasteiger partial charge on any atom is 0.315 e. The standard InChI is InChI=1S/C37H58N6O7S2/c1-11-16-38-32(46)29(44)25(18-22-14-15-22)40-31(45)28-27-24(37(27,8)9)21-43(28)33(47)30(36(5,6)7)41-34(48)39-23(19-35(2,3)4)20-42(10)52(49,50)26-13-12-17-51-26/h11-13,17,22-25,27-28,30H,1,14-16,18-21H2,2-10H3,(H,38,46)(H,40,45)(H2,39,41,48)/t23-,24-,25?,27-,28-,30+/m0/s1. The minimum atomic E-state index is -3.77. The Morgan fingerprint density at radius 2 is 1.73 bits per heavy atom. The molecule has 4 rings (SSSR count). The molecule has 0 radical (unpaired) electrons. The fraction of sp³-hybridized carbons (Fsp3) is 0.703. The number of rotatable bonds is 16. The first-order chi connectivity index (χ1) is 24.0. The van der Waals surface area contributed by atoms with E-state index >= 15 is 0 Å². The van der Waals surface area contributed by atoms with E-state index in [9.17, 15) is 32.4 Å². The lowest BCUT2D eigenvalue weighted by atomic mass is 9.85. The van der Waals surface area contributed by atoms with E-state index in [2.05, 4.69) is 41.7 Å². The van der Waals surface area contributed by atoms with E-state index in [1.807, 2.05) is 41.5 Å². The summed E-state index contributed by atoms with van der Waals surface area (Å²) in [5.74, 6) is -2.31. The van der Waals surface area contributed by atoms with Gasteiger partial charge in [-0.05, 0) is 58.3 Å². The molecule has 15 heteroatoms. The second-order valence-electron chi connectivity index (χ2n) is 17.6. The summed E-state index contributed by atoms with van der Waals surface area (Å²) in [6.45, 7) is 19.6. The predicted octanol–water partition coefficient (Wildman–Crippen LogP) is 3.53. The van der Waals surface area contributed by atoms with E-state index in [0.717, 1.165) is 24.2 Å². The Morgan fingerprint density at radius 1 is 1.08 bits per heavy atom. The number of piperidine rings is 1. The van der Waals surface area contributed by atoms with Crippen molar-refractivity contribution in [1.82, 2.24) is 30.5 Å². The number of carbonyl (C=O) groups is 5. The van der Waals surface area contributed by atoms with Gasteiger partial charge in [0.1, 0.15) is 16.3 Å². The zero-order valence-corrected chi connectivity index (χ0v) is 33.7. The smallest absolute Gasteiger partial charge is 0.315 e. The molecule has 1 aliphatic heterocycles. The fourth-order valence-corrected chi connectivity index (χ4v) is 9.86. The van der Waals surface area contributed by atoms with Crippen LogP contribution in [0.1, 0.15) is 81.1 Å². The van der Waals surface area contributed by atoms with Crippen molar-refractivity contribution in [3.63, 3.8) is 0 Å². The van der Waals surface area contributed by atoms with Crippen LogP contribution in [0.4, 0.5) is 4.79 Å². The minimum Gasteiger partial charge on any atom is -0.346 e. The minimum absolute atomic E-state index is 0.0121. The molecule has 1 aromatic rings. The van der Waals surface area contributed by atoms with Crippen LogP contribution in [0.2, 0.25) is 0 Å². The quantitative estimate of drug-likeness (QED) is 0.147. The first-order valence-electron chi connectivity index (χ1n) is 18.1. The second kappa shape index (κ2) is 15.6. The number of thiophene rings is 1. The number of ketones is 1. The summed E-state index contributed by atoms with van der Waals surface area (Å²) >= 11 is 1.12. The van der Waals surface area contributed by atoms with Crippen molar-refractivity contribution in [3.8, 4) is 0 Å². The first kappa shape index (κ1) is 41.5. The molecule has 1 unspecified atom stereocenters. The molecule has 6 atom stereocenters.